The van der Waals surface area contributed by atoms with E-state index in [9.17, 15) is 17.2 Å². The van der Waals surface area contributed by atoms with Crippen molar-refractivity contribution in [1.29, 1.82) is 0 Å². The lowest BCUT2D eigenvalue weighted by Crippen LogP contribution is -2.14. The van der Waals surface area contributed by atoms with Crippen molar-refractivity contribution in [2.24, 2.45) is 5.73 Å². The van der Waals surface area contributed by atoms with Gasteiger partial charge in [0.2, 0.25) is 6.43 Å². The van der Waals surface area contributed by atoms with E-state index in [0.717, 1.165) is 6.26 Å². The third-order valence-electron chi connectivity index (χ3n) is 2.17. The third kappa shape index (κ3) is 3.53. The molecule has 6 heteroatoms. The van der Waals surface area contributed by atoms with Gasteiger partial charge in [-0.2, -0.15) is 0 Å². The number of hydrogen-bond donors (Lipinski definition) is 1. The Labute approximate surface area is 93.2 Å². The van der Waals surface area contributed by atoms with Gasteiger partial charge in [0.15, 0.2) is 9.84 Å². The van der Waals surface area contributed by atoms with Gasteiger partial charge in [-0.15, -0.1) is 0 Å². The minimum Gasteiger partial charge on any atom is -0.324 e. The topological polar surface area (TPSA) is 60.2 Å². The molecule has 1 atom stereocenters. The number of nitrogens with two attached hydrogens (primary N) is 1. The average molecular weight is 249 g/mol. The van der Waals surface area contributed by atoms with E-state index < -0.39 is 28.7 Å². The second kappa shape index (κ2) is 4.88. The summed E-state index contributed by atoms with van der Waals surface area (Å²) in [6.07, 6.45) is -1.82. The van der Waals surface area contributed by atoms with Crippen molar-refractivity contribution < 1.29 is 17.2 Å². The summed E-state index contributed by atoms with van der Waals surface area (Å²) in [4.78, 5) is 0.153. The number of rotatable bonds is 4. The molecule has 0 radical (unpaired) electrons. The largest absolute Gasteiger partial charge is 0.324 e. The van der Waals surface area contributed by atoms with E-state index in [-0.39, 0.29) is 4.90 Å². The van der Waals surface area contributed by atoms with E-state index in [1.165, 1.54) is 24.3 Å². The molecule has 0 aliphatic heterocycles. The molecular formula is C10H13F2NO2S. The van der Waals surface area contributed by atoms with Crippen LogP contribution in [0, 0.1) is 0 Å². The SMILES string of the molecule is CS(=O)(=O)c1ccc([C@H](N)CC(F)F)cc1. The zero-order chi connectivity index (χ0) is 12.3. The molecule has 0 saturated carbocycles. The number of benzene rings is 1. The molecule has 0 saturated heterocycles. The molecule has 16 heavy (non-hydrogen) atoms. The van der Waals surface area contributed by atoms with Crippen molar-refractivity contribution in [2.75, 3.05) is 6.26 Å². The quantitative estimate of drug-likeness (QED) is 0.884. The first-order valence-corrected chi connectivity index (χ1v) is 6.53. The highest BCUT2D eigenvalue weighted by Crippen LogP contribution is 2.19. The van der Waals surface area contributed by atoms with Gasteiger partial charge in [-0.3, -0.25) is 0 Å². The molecule has 1 aromatic carbocycles. The van der Waals surface area contributed by atoms with Crippen molar-refractivity contribution in [3.63, 3.8) is 0 Å². The lowest BCUT2D eigenvalue weighted by atomic mass is 10.1. The van der Waals surface area contributed by atoms with Crippen molar-refractivity contribution in [2.45, 2.75) is 23.8 Å². The number of sulfone groups is 1. The Kier molecular flexibility index (Phi) is 3.98. The van der Waals surface area contributed by atoms with Crippen LogP contribution in [0.2, 0.25) is 0 Å². The van der Waals surface area contributed by atoms with Crippen molar-refractivity contribution >= 4 is 9.84 Å². The average Bonchev–Trinajstić information content (AvgIpc) is 2.15. The highest BCUT2D eigenvalue weighted by atomic mass is 32.2. The fourth-order valence-corrected chi connectivity index (χ4v) is 1.92. The Morgan fingerprint density at radius 3 is 2.12 bits per heavy atom. The van der Waals surface area contributed by atoms with Gasteiger partial charge in [0.25, 0.3) is 0 Å². The predicted molar refractivity (Wildman–Crippen MR) is 57.1 cm³/mol. The van der Waals surface area contributed by atoms with Crippen LogP contribution < -0.4 is 5.73 Å². The van der Waals surface area contributed by atoms with E-state index >= 15 is 0 Å². The fourth-order valence-electron chi connectivity index (χ4n) is 1.29. The molecule has 3 nitrogen and oxygen atoms in total. The molecule has 0 aliphatic carbocycles. The van der Waals surface area contributed by atoms with Gasteiger partial charge >= 0.3 is 0 Å². The van der Waals surface area contributed by atoms with E-state index in [0.29, 0.717) is 5.56 Å². The summed E-state index contributed by atoms with van der Waals surface area (Å²) < 4.78 is 46.4. The number of halogens is 2. The van der Waals surface area contributed by atoms with Gasteiger partial charge in [-0.05, 0) is 17.7 Å². The molecule has 2 N–H and O–H groups in total. The summed E-state index contributed by atoms with van der Waals surface area (Å²) in [5.74, 6) is 0. The molecule has 90 valence electrons. The molecule has 0 fully saturated rings. The van der Waals surface area contributed by atoms with Crippen LogP contribution in [0.5, 0.6) is 0 Å². The molecule has 0 aromatic heterocycles. The minimum atomic E-state index is -3.26. The molecule has 0 unspecified atom stereocenters. The first-order chi connectivity index (χ1) is 7.30. The molecule has 1 rings (SSSR count). The van der Waals surface area contributed by atoms with E-state index in [4.69, 9.17) is 5.73 Å². The van der Waals surface area contributed by atoms with Crippen molar-refractivity contribution in [1.82, 2.24) is 0 Å². The molecule has 0 spiro atoms. The van der Waals surface area contributed by atoms with Gasteiger partial charge in [0.05, 0.1) is 4.90 Å². The summed E-state index contributed by atoms with van der Waals surface area (Å²) in [5, 5.41) is 0. The monoisotopic (exact) mass is 249 g/mol. The zero-order valence-electron chi connectivity index (χ0n) is 8.73. The number of hydrogen-bond acceptors (Lipinski definition) is 3. The molecule has 0 bridgehead atoms. The summed E-state index contributed by atoms with van der Waals surface area (Å²) in [5.41, 5.74) is 6.03. The van der Waals surface area contributed by atoms with Crippen LogP contribution in [0.4, 0.5) is 8.78 Å². The van der Waals surface area contributed by atoms with Gasteiger partial charge in [-0.25, -0.2) is 17.2 Å². The molecule has 1 aromatic rings. The third-order valence-corrected chi connectivity index (χ3v) is 3.30. The van der Waals surface area contributed by atoms with Crippen LogP contribution in [0.1, 0.15) is 18.0 Å². The lowest BCUT2D eigenvalue weighted by Gasteiger charge is -2.11. The first kappa shape index (κ1) is 13.1. The van der Waals surface area contributed by atoms with Crippen LogP contribution >= 0.6 is 0 Å². The van der Waals surface area contributed by atoms with E-state index in [1.807, 2.05) is 0 Å². The van der Waals surface area contributed by atoms with E-state index in [1.54, 1.807) is 0 Å². The maximum absolute atomic E-state index is 12.1. The van der Waals surface area contributed by atoms with Crippen LogP contribution in [-0.4, -0.2) is 21.1 Å². The van der Waals surface area contributed by atoms with Gasteiger partial charge in [0, 0.05) is 18.7 Å². The van der Waals surface area contributed by atoms with Gasteiger partial charge < -0.3 is 5.73 Å². The summed E-state index contributed by atoms with van der Waals surface area (Å²) in [6, 6.07) is 4.90. The Balaban J connectivity index is 2.87. The van der Waals surface area contributed by atoms with E-state index in [2.05, 4.69) is 0 Å². The molecule has 0 aliphatic rings. The lowest BCUT2D eigenvalue weighted by molar-refractivity contribution is 0.128. The number of alkyl halides is 2. The Bertz CT molecular complexity index is 442. The summed E-state index contributed by atoms with van der Waals surface area (Å²) >= 11 is 0. The van der Waals surface area contributed by atoms with Crippen LogP contribution in [0.3, 0.4) is 0 Å². The Hall–Kier alpha value is -1.01. The normalized spacial score (nSPS) is 14.1. The second-order valence-electron chi connectivity index (χ2n) is 3.57. The smallest absolute Gasteiger partial charge is 0.240 e. The molecular weight excluding hydrogens is 236 g/mol. The zero-order valence-corrected chi connectivity index (χ0v) is 9.55. The first-order valence-electron chi connectivity index (χ1n) is 4.64. The summed E-state index contributed by atoms with van der Waals surface area (Å²) in [7, 11) is -3.26. The van der Waals surface area contributed by atoms with Gasteiger partial charge in [-0.1, -0.05) is 12.1 Å². The maximum atomic E-state index is 12.1. The van der Waals surface area contributed by atoms with Crippen molar-refractivity contribution in [3.8, 4) is 0 Å². The second-order valence-corrected chi connectivity index (χ2v) is 5.59. The molecule has 0 amide bonds. The fraction of sp³-hybridized carbons (Fsp3) is 0.400. The Morgan fingerprint density at radius 2 is 1.75 bits per heavy atom. The van der Waals surface area contributed by atoms with Crippen LogP contribution in [-0.2, 0) is 9.84 Å². The van der Waals surface area contributed by atoms with Gasteiger partial charge in [0.1, 0.15) is 0 Å². The highest BCUT2D eigenvalue weighted by molar-refractivity contribution is 7.90. The van der Waals surface area contributed by atoms with Crippen LogP contribution in [0.15, 0.2) is 29.2 Å². The summed E-state index contributed by atoms with van der Waals surface area (Å²) in [6.45, 7) is 0. The molecule has 0 heterocycles. The van der Waals surface area contributed by atoms with Crippen LogP contribution in [0.25, 0.3) is 0 Å². The standard InChI is InChI=1S/C10H13F2NO2S/c1-16(14,15)8-4-2-7(3-5-8)9(13)6-10(11)12/h2-5,9-10H,6,13H2,1H3/t9-/m1/s1. The maximum Gasteiger partial charge on any atom is 0.240 e. The van der Waals surface area contributed by atoms with Crippen molar-refractivity contribution in [3.05, 3.63) is 29.8 Å². The Morgan fingerprint density at radius 1 is 1.25 bits per heavy atom. The highest BCUT2D eigenvalue weighted by Gasteiger charge is 2.14. The predicted octanol–water partition coefficient (Wildman–Crippen LogP) is 1.75. The minimum absolute atomic E-state index is 0.153.